The maximum absolute atomic E-state index is 3.50. The Labute approximate surface area is 80.0 Å². The Balaban J connectivity index is 1.95. The van der Waals surface area contributed by atoms with Crippen LogP contribution in [0, 0.1) is 5.92 Å². The number of rotatable bonds is 5. The van der Waals surface area contributed by atoms with Crippen LogP contribution >= 0.6 is 11.8 Å². The second-order valence-corrected chi connectivity index (χ2v) is 4.33. The van der Waals surface area contributed by atoms with Crippen molar-refractivity contribution in [3.63, 3.8) is 0 Å². The van der Waals surface area contributed by atoms with Crippen LogP contribution in [0.15, 0.2) is 12.2 Å². The molecule has 12 heavy (non-hydrogen) atoms. The van der Waals surface area contributed by atoms with Gasteiger partial charge in [-0.15, -0.1) is 0 Å². The molecule has 0 radical (unpaired) electrons. The van der Waals surface area contributed by atoms with Crippen molar-refractivity contribution in [2.75, 3.05) is 25.1 Å². The van der Waals surface area contributed by atoms with E-state index in [0.29, 0.717) is 0 Å². The highest BCUT2D eigenvalue weighted by molar-refractivity contribution is 7.98. The molecule has 0 bridgehead atoms. The van der Waals surface area contributed by atoms with Gasteiger partial charge in [0.1, 0.15) is 0 Å². The summed E-state index contributed by atoms with van der Waals surface area (Å²) in [6.45, 7) is 2.38. The van der Waals surface area contributed by atoms with Crippen molar-refractivity contribution in [3.8, 4) is 0 Å². The first-order valence-corrected chi connectivity index (χ1v) is 6.17. The third-order valence-corrected chi connectivity index (χ3v) is 2.91. The molecule has 0 aromatic heterocycles. The zero-order valence-electron chi connectivity index (χ0n) is 7.88. The lowest BCUT2D eigenvalue weighted by molar-refractivity contribution is 0.448. The smallest absolute Gasteiger partial charge is 0.00553 e. The van der Waals surface area contributed by atoms with E-state index in [9.17, 15) is 0 Å². The molecule has 1 N–H and O–H groups in total. The normalized spacial score (nSPS) is 22.9. The van der Waals surface area contributed by atoms with Crippen molar-refractivity contribution in [3.05, 3.63) is 12.2 Å². The Morgan fingerprint density at radius 3 is 3.08 bits per heavy atom. The summed E-state index contributed by atoms with van der Waals surface area (Å²) in [5.74, 6) is 2.14. The fraction of sp³-hybridized carbons (Fsp3) is 0.800. The van der Waals surface area contributed by atoms with E-state index in [1.54, 1.807) is 0 Å². The fourth-order valence-corrected chi connectivity index (χ4v) is 1.87. The number of nitrogens with one attached hydrogen (secondary N) is 1. The van der Waals surface area contributed by atoms with Crippen LogP contribution < -0.4 is 5.32 Å². The van der Waals surface area contributed by atoms with Gasteiger partial charge in [0, 0.05) is 12.3 Å². The Kier molecular flexibility index (Phi) is 5.53. The predicted octanol–water partition coefficient (Wildman–Crippen LogP) is 2.30. The molecule has 0 saturated heterocycles. The summed E-state index contributed by atoms with van der Waals surface area (Å²) in [5.41, 5.74) is 0. The highest BCUT2D eigenvalue weighted by Crippen LogP contribution is 2.16. The van der Waals surface area contributed by atoms with Crippen molar-refractivity contribution in [1.29, 1.82) is 0 Å². The maximum Gasteiger partial charge on any atom is 0.00553 e. The molecule has 2 heteroatoms. The van der Waals surface area contributed by atoms with E-state index in [1.165, 1.54) is 38.1 Å². The van der Waals surface area contributed by atoms with Crippen LogP contribution in [-0.4, -0.2) is 25.1 Å². The van der Waals surface area contributed by atoms with Gasteiger partial charge in [-0.05, 0) is 38.0 Å². The van der Waals surface area contributed by atoms with Crippen LogP contribution in [0.2, 0.25) is 0 Å². The standard InChI is InChI=1S/C10H19NS/c1-12-8-7-11-9-10-5-3-2-4-6-10/h2-3,10-11H,4-9H2,1H3. The van der Waals surface area contributed by atoms with Crippen LogP contribution in [0.25, 0.3) is 0 Å². The number of allylic oxidation sites excluding steroid dienone is 2. The Morgan fingerprint density at radius 2 is 2.42 bits per heavy atom. The lowest BCUT2D eigenvalue weighted by Crippen LogP contribution is -2.25. The van der Waals surface area contributed by atoms with Gasteiger partial charge in [-0.25, -0.2) is 0 Å². The molecule has 1 aliphatic rings. The molecule has 0 spiro atoms. The van der Waals surface area contributed by atoms with Crippen LogP contribution in [-0.2, 0) is 0 Å². The molecular formula is C10H19NS. The molecule has 0 aliphatic heterocycles. The molecule has 0 aromatic rings. The first kappa shape index (κ1) is 10.1. The van der Waals surface area contributed by atoms with Gasteiger partial charge in [-0.3, -0.25) is 0 Å². The lowest BCUT2D eigenvalue weighted by atomic mass is 9.94. The second kappa shape index (κ2) is 6.55. The van der Waals surface area contributed by atoms with Crippen molar-refractivity contribution < 1.29 is 0 Å². The Bertz CT molecular complexity index is 134. The van der Waals surface area contributed by atoms with Crippen LogP contribution in [0.1, 0.15) is 19.3 Å². The number of thioether (sulfide) groups is 1. The quantitative estimate of drug-likeness (QED) is 0.521. The highest BCUT2D eigenvalue weighted by Gasteiger charge is 2.07. The monoisotopic (exact) mass is 185 g/mol. The Morgan fingerprint density at radius 1 is 1.50 bits per heavy atom. The zero-order valence-corrected chi connectivity index (χ0v) is 8.70. The fourth-order valence-electron chi connectivity index (χ4n) is 1.52. The highest BCUT2D eigenvalue weighted by atomic mass is 32.2. The minimum absolute atomic E-state index is 0.900. The third-order valence-electron chi connectivity index (χ3n) is 2.29. The average Bonchev–Trinajstić information content (AvgIpc) is 2.14. The molecule has 0 heterocycles. The summed E-state index contributed by atoms with van der Waals surface area (Å²) in [7, 11) is 0. The van der Waals surface area contributed by atoms with Crippen LogP contribution in [0.5, 0.6) is 0 Å². The topological polar surface area (TPSA) is 12.0 Å². The zero-order chi connectivity index (χ0) is 8.65. The van der Waals surface area contributed by atoms with Crippen molar-refractivity contribution in [2.45, 2.75) is 19.3 Å². The molecule has 0 fully saturated rings. The first-order valence-electron chi connectivity index (χ1n) is 4.78. The van der Waals surface area contributed by atoms with Gasteiger partial charge in [-0.1, -0.05) is 12.2 Å². The SMILES string of the molecule is CSCCNCC1CC=CCC1. The summed E-state index contributed by atoms with van der Waals surface area (Å²) >= 11 is 1.91. The molecule has 1 rings (SSSR count). The van der Waals surface area contributed by atoms with E-state index in [0.717, 1.165) is 5.92 Å². The van der Waals surface area contributed by atoms with Gasteiger partial charge in [0.25, 0.3) is 0 Å². The molecular weight excluding hydrogens is 166 g/mol. The minimum atomic E-state index is 0.900. The van der Waals surface area contributed by atoms with Gasteiger partial charge >= 0.3 is 0 Å². The number of hydrogen-bond acceptors (Lipinski definition) is 2. The van der Waals surface area contributed by atoms with E-state index in [1.807, 2.05) is 11.8 Å². The molecule has 1 nitrogen and oxygen atoms in total. The minimum Gasteiger partial charge on any atom is -0.316 e. The van der Waals surface area contributed by atoms with E-state index in [2.05, 4.69) is 23.7 Å². The summed E-state index contributed by atoms with van der Waals surface area (Å²) in [6.07, 6.45) is 10.7. The predicted molar refractivity (Wildman–Crippen MR) is 57.7 cm³/mol. The summed E-state index contributed by atoms with van der Waals surface area (Å²) in [4.78, 5) is 0. The maximum atomic E-state index is 3.50. The van der Waals surface area contributed by atoms with E-state index < -0.39 is 0 Å². The second-order valence-electron chi connectivity index (χ2n) is 3.35. The van der Waals surface area contributed by atoms with Gasteiger partial charge in [0.2, 0.25) is 0 Å². The average molecular weight is 185 g/mol. The van der Waals surface area contributed by atoms with Gasteiger partial charge in [0.15, 0.2) is 0 Å². The largest absolute Gasteiger partial charge is 0.316 e. The Hall–Kier alpha value is 0.0500. The van der Waals surface area contributed by atoms with Crippen molar-refractivity contribution in [2.24, 2.45) is 5.92 Å². The molecule has 1 unspecified atom stereocenters. The van der Waals surface area contributed by atoms with Crippen molar-refractivity contribution >= 4 is 11.8 Å². The van der Waals surface area contributed by atoms with E-state index >= 15 is 0 Å². The van der Waals surface area contributed by atoms with Crippen LogP contribution in [0.3, 0.4) is 0 Å². The van der Waals surface area contributed by atoms with Gasteiger partial charge in [-0.2, -0.15) is 11.8 Å². The molecule has 1 atom stereocenters. The molecule has 0 aromatic carbocycles. The van der Waals surface area contributed by atoms with Gasteiger partial charge in [0.05, 0.1) is 0 Å². The van der Waals surface area contributed by atoms with Gasteiger partial charge < -0.3 is 5.32 Å². The number of hydrogen-bond donors (Lipinski definition) is 1. The molecule has 0 amide bonds. The third kappa shape index (κ3) is 4.17. The van der Waals surface area contributed by atoms with Crippen LogP contribution in [0.4, 0.5) is 0 Å². The lowest BCUT2D eigenvalue weighted by Gasteiger charge is -2.17. The molecule has 70 valence electrons. The molecule has 1 aliphatic carbocycles. The van der Waals surface area contributed by atoms with E-state index in [-0.39, 0.29) is 0 Å². The summed E-state index contributed by atoms with van der Waals surface area (Å²) < 4.78 is 0. The van der Waals surface area contributed by atoms with Crippen molar-refractivity contribution in [1.82, 2.24) is 5.32 Å². The summed E-state index contributed by atoms with van der Waals surface area (Å²) in [5, 5.41) is 3.50. The van der Waals surface area contributed by atoms with E-state index in [4.69, 9.17) is 0 Å². The summed E-state index contributed by atoms with van der Waals surface area (Å²) in [6, 6.07) is 0. The first-order chi connectivity index (χ1) is 5.93. The molecule has 0 saturated carbocycles.